The fourth-order valence-corrected chi connectivity index (χ4v) is 11.3. The zero-order valence-electron chi connectivity index (χ0n) is 30.2. The van der Waals surface area contributed by atoms with E-state index < -0.39 is 0 Å². The second kappa shape index (κ2) is 12.4. The Morgan fingerprint density at radius 2 is 0.911 bits per heavy atom. The molecule has 4 aromatic heterocycles. The van der Waals surface area contributed by atoms with Gasteiger partial charge in [-0.2, -0.15) is 0 Å². The summed E-state index contributed by atoms with van der Waals surface area (Å²) in [7, 11) is 0. The number of benzene rings is 8. The number of hydrogen-bond acceptors (Lipinski definition) is 3. The zero-order valence-corrected chi connectivity index (χ0v) is 31.8. The van der Waals surface area contributed by atoms with Gasteiger partial charge in [0.2, 0.25) is 0 Å². The molecule has 2 nitrogen and oxygen atoms in total. The average molecular weight is 749 g/mol. The lowest BCUT2D eigenvalue weighted by atomic mass is 10.00. The maximum atomic E-state index is 2.50. The van der Waals surface area contributed by atoms with Crippen molar-refractivity contribution in [3.8, 4) is 22.4 Å². The summed E-state index contributed by atoms with van der Waals surface area (Å²) in [6, 6.07) is 71.4. The fourth-order valence-electron chi connectivity index (χ4n) is 8.93. The highest BCUT2D eigenvalue weighted by molar-refractivity contribution is 7.27. The molecule has 56 heavy (non-hydrogen) atoms. The SMILES string of the molecule is c1ccc(-c2c3ccccc3n3c(-c4ccc(N(c5cccc6c5sc5ccccc56)c5cccc6c5sc5ccccc56)cc4)c4ccccc4cc23)cc1. The lowest BCUT2D eigenvalue weighted by Crippen LogP contribution is -2.10. The van der Waals surface area contributed by atoms with Crippen LogP contribution >= 0.6 is 22.7 Å². The van der Waals surface area contributed by atoms with E-state index in [2.05, 4.69) is 203 Å². The molecule has 0 saturated carbocycles. The Morgan fingerprint density at radius 1 is 0.375 bits per heavy atom. The first-order chi connectivity index (χ1) is 27.8. The summed E-state index contributed by atoms with van der Waals surface area (Å²) >= 11 is 3.76. The molecule has 0 aliphatic heterocycles. The van der Waals surface area contributed by atoms with E-state index in [9.17, 15) is 0 Å². The van der Waals surface area contributed by atoms with E-state index in [1.807, 2.05) is 22.7 Å². The molecule has 0 amide bonds. The van der Waals surface area contributed by atoms with Crippen LogP contribution in [0.15, 0.2) is 194 Å². The summed E-state index contributed by atoms with van der Waals surface area (Å²) in [6.07, 6.45) is 0. The van der Waals surface area contributed by atoms with Crippen molar-refractivity contribution < 1.29 is 0 Å². The highest BCUT2D eigenvalue weighted by atomic mass is 32.1. The maximum Gasteiger partial charge on any atom is 0.0640 e. The average Bonchev–Trinajstić information content (AvgIpc) is 3.94. The summed E-state index contributed by atoms with van der Waals surface area (Å²) in [6.45, 7) is 0. The Bertz CT molecular complexity index is 3370. The minimum absolute atomic E-state index is 1.13. The largest absolute Gasteiger partial charge is 0.308 e. The predicted molar refractivity (Wildman–Crippen MR) is 244 cm³/mol. The molecule has 262 valence electrons. The van der Waals surface area contributed by atoms with Crippen LogP contribution < -0.4 is 4.90 Å². The van der Waals surface area contributed by atoms with Gasteiger partial charge < -0.3 is 9.30 Å². The van der Waals surface area contributed by atoms with Gasteiger partial charge in [0.05, 0.1) is 37.5 Å². The molecular formula is C52H32N2S2. The fraction of sp³-hybridized carbons (Fsp3) is 0. The first kappa shape index (κ1) is 31.6. The minimum Gasteiger partial charge on any atom is -0.308 e. The standard InChI is InChI=1S/C52H32N2S2/c1-2-14-33(15-3-1)49-42-20-6-9-23-43(42)54-46(49)32-35-16-4-5-17-37(35)50(54)34-28-30-36(31-29-34)53(44-24-12-21-40-38-18-7-10-26-47(38)55-51(40)44)45-25-13-22-41-39-19-8-11-27-48(39)56-52(41)45/h1-32H. The number of nitrogens with zero attached hydrogens (tertiary/aromatic N) is 2. The van der Waals surface area contributed by atoms with Gasteiger partial charge in [0.1, 0.15) is 0 Å². The third-order valence-electron chi connectivity index (χ3n) is 11.4. The molecule has 12 rings (SSSR count). The number of pyridine rings is 1. The van der Waals surface area contributed by atoms with E-state index >= 15 is 0 Å². The molecule has 4 heterocycles. The van der Waals surface area contributed by atoms with Gasteiger partial charge in [-0.1, -0.05) is 146 Å². The molecule has 0 aliphatic rings. The number of aromatic nitrogens is 1. The van der Waals surface area contributed by atoms with Crippen molar-refractivity contribution >= 4 is 107 Å². The number of anilines is 3. The van der Waals surface area contributed by atoms with Gasteiger partial charge in [-0.25, -0.2) is 0 Å². The molecule has 0 radical (unpaired) electrons. The lowest BCUT2D eigenvalue weighted by Gasteiger charge is -2.27. The van der Waals surface area contributed by atoms with E-state index in [1.165, 1.54) is 101 Å². The molecule has 0 N–H and O–H groups in total. The summed E-state index contributed by atoms with van der Waals surface area (Å²) in [4.78, 5) is 2.50. The molecule has 0 aliphatic carbocycles. The molecule has 8 aromatic carbocycles. The Hall–Kier alpha value is -6.72. The summed E-state index contributed by atoms with van der Waals surface area (Å²) in [5.74, 6) is 0. The summed E-state index contributed by atoms with van der Waals surface area (Å²) in [5, 5.41) is 8.91. The Balaban J connectivity index is 1.12. The van der Waals surface area contributed by atoms with Crippen LogP contribution in [0.5, 0.6) is 0 Å². The molecule has 0 atom stereocenters. The molecule has 0 unspecified atom stereocenters. The molecular weight excluding hydrogens is 717 g/mol. The minimum atomic E-state index is 1.13. The second-order valence-electron chi connectivity index (χ2n) is 14.4. The van der Waals surface area contributed by atoms with Crippen LogP contribution in [0.3, 0.4) is 0 Å². The Kier molecular flexibility index (Phi) is 7.00. The van der Waals surface area contributed by atoms with Crippen molar-refractivity contribution in [3.63, 3.8) is 0 Å². The second-order valence-corrected chi connectivity index (χ2v) is 16.5. The van der Waals surface area contributed by atoms with Crippen molar-refractivity contribution in [2.24, 2.45) is 0 Å². The monoisotopic (exact) mass is 748 g/mol. The number of para-hydroxylation sites is 1. The van der Waals surface area contributed by atoms with Crippen LogP contribution in [0.1, 0.15) is 0 Å². The lowest BCUT2D eigenvalue weighted by molar-refractivity contribution is 1.27. The molecule has 0 fully saturated rings. The molecule has 0 saturated heterocycles. The highest BCUT2D eigenvalue weighted by Gasteiger charge is 2.23. The van der Waals surface area contributed by atoms with Crippen LogP contribution in [0.25, 0.3) is 89.9 Å². The van der Waals surface area contributed by atoms with Crippen LogP contribution in [-0.4, -0.2) is 4.40 Å². The normalized spacial score (nSPS) is 11.9. The number of rotatable bonds is 5. The zero-order chi connectivity index (χ0) is 36.7. The third kappa shape index (κ3) is 4.67. The van der Waals surface area contributed by atoms with Crippen molar-refractivity contribution in [2.45, 2.75) is 0 Å². The van der Waals surface area contributed by atoms with Gasteiger partial charge in [0, 0.05) is 53.0 Å². The van der Waals surface area contributed by atoms with Crippen LogP contribution in [-0.2, 0) is 0 Å². The topological polar surface area (TPSA) is 7.65 Å². The van der Waals surface area contributed by atoms with Gasteiger partial charge in [-0.15, -0.1) is 22.7 Å². The van der Waals surface area contributed by atoms with Crippen LogP contribution in [0, 0.1) is 0 Å². The Morgan fingerprint density at radius 3 is 1.57 bits per heavy atom. The van der Waals surface area contributed by atoms with E-state index in [0.29, 0.717) is 0 Å². The number of thiophene rings is 2. The molecule has 0 bridgehead atoms. The van der Waals surface area contributed by atoms with Gasteiger partial charge in [-0.05, 0) is 65.0 Å². The first-order valence-corrected chi connectivity index (χ1v) is 20.6. The molecule has 12 aromatic rings. The van der Waals surface area contributed by atoms with E-state index in [-0.39, 0.29) is 0 Å². The van der Waals surface area contributed by atoms with E-state index in [4.69, 9.17) is 0 Å². The predicted octanol–water partition coefficient (Wildman–Crippen LogP) is 15.8. The Labute approximate surface area is 331 Å². The van der Waals surface area contributed by atoms with Crippen molar-refractivity contribution in [1.82, 2.24) is 4.40 Å². The van der Waals surface area contributed by atoms with Crippen molar-refractivity contribution in [2.75, 3.05) is 4.90 Å². The van der Waals surface area contributed by atoms with Gasteiger partial charge in [0.15, 0.2) is 0 Å². The molecule has 4 heteroatoms. The summed E-state index contributed by atoms with van der Waals surface area (Å²) in [5.41, 5.74) is 10.8. The highest BCUT2D eigenvalue weighted by Crippen LogP contribution is 2.49. The van der Waals surface area contributed by atoms with Gasteiger partial charge in [-0.3, -0.25) is 0 Å². The van der Waals surface area contributed by atoms with Gasteiger partial charge in [0.25, 0.3) is 0 Å². The van der Waals surface area contributed by atoms with Crippen LogP contribution in [0.4, 0.5) is 17.1 Å². The van der Waals surface area contributed by atoms with E-state index in [1.54, 1.807) is 0 Å². The first-order valence-electron chi connectivity index (χ1n) is 19.0. The van der Waals surface area contributed by atoms with E-state index in [0.717, 1.165) is 5.69 Å². The number of fused-ring (bicyclic) bond motifs is 10. The molecule has 0 spiro atoms. The summed E-state index contributed by atoms with van der Waals surface area (Å²) < 4.78 is 7.68. The third-order valence-corrected chi connectivity index (χ3v) is 13.8. The van der Waals surface area contributed by atoms with Crippen molar-refractivity contribution in [3.05, 3.63) is 194 Å². The quantitative estimate of drug-likeness (QED) is 0.170. The van der Waals surface area contributed by atoms with Crippen molar-refractivity contribution in [1.29, 1.82) is 0 Å². The van der Waals surface area contributed by atoms with Gasteiger partial charge >= 0.3 is 0 Å². The number of hydrogen-bond donors (Lipinski definition) is 0. The smallest absolute Gasteiger partial charge is 0.0640 e. The maximum absolute atomic E-state index is 2.50. The van der Waals surface area contributed by atoms with Crippen LogP contribution in [0.2, 0.25) is 0 Å².